The SMILES string of the molecule is C.C.Cn1ncc2cc(C(=O)C(=O)N[C@H](CN3CCCC3)[C@H](O)c3cc(F)c4c(c3)OCCO4)ccc21.Cn1ncc2cc(C(=O)C(=O)O)ccc21.N[C@H](CN1CCCC1)[C@H](O)c1cc(F)c2c(c1)OCCO2. The van der Waals surface area contributed by atoms with Crippen LogP contribution in [0.1, 0.15) is 84.6 Å². The molecule has 4 aliphatic rings. The van der Waals surface area contributed by atoms with Crippen molar-refractivity contribution in [2.75, 3.05) is 65.7 Å². The van der Waals surface area contributed by atoms with E-state index in [-0.39, 0.29) is 62.0 Å². The van der Waals surface area contributed by atoms with E-state index < -0.39 is 59.4 Å². The Morgan fingerprint density at radius 3 is 1.56 bits per heavy atom. The number of aliphatic carboxylic acids is 1. The minimum absolute atomic E-state index is 0. The van der Waals surface area contributed by atoms with Gasteiger partial charge in [-0.3, -0.25) is 23.7 Å². The number of amides is 1. The average molecular weight is 1020 g/mol. The highest BCUT2D eigenvalue weighted by Gasteiger charge is 2.32. The third kappa shape index (κ3) is 13.0. The average Bonchev–Trinajstić information content (AvgIpc) is 4.23. The summed E-state index contributed by atoms with van der Waals surface area (Å²) in [7, 11) is 3.57. The highest BCUT2D eigenvalue weighted by molar-refractivity contribution is 6.43. The maximum Gasteiger partial charge on any atom is 0.377 e. The quantitative estimate of drug-likeness (QED) is 0.0742. The van der Waals surface area contributed by atoms with Crippen molar-refractivity contribution in [2.24, 2.45) is 19.8 Å². The molecular formula is C52H64F2N8O11. The smallest absolute Gasteiger partial charge is 0.377 e. The number of carboxylic acids is 1. The number of fused-ring (bicyclic) bond motifs is 4. The van der Waals surface area contributed by atoms with E-state index in [1.54, 1.807) is 66.2 Å². The van der Waals surface area contributed by atoms with E-state index in [2.05, 4.69) is 25.3 Å². The number of rotatable bonds is 13. The monoisotopic (exact) mass is 1010 g/mol. The maximum absolute atomic E-state index is 14.6. The number of aromatic nitrogens is 4. The molecule has 0 bridgehead atoms. The minimum atomic E-state index is -1.45. The lowest BCUT2D eigenvalue weighted by Crippen LogP contribution is -2.48. The van der Waals surface area contributed by atoms with E-state index in [9.17, 15) is 38.2 Å². The number of aryl methyl sites for hydroxylation is 2. The van der Waals surface area contributed by atoms with Crippen molar-refractivity contribution in [3.05, 3.63) is 107 Å². The second-order valence-corrected chi connectivity index (χ2v) is 17.7. The van der Waals surface area contributed by atoms with Crippen molar-refractivity contribution in [2.45, 2.75) is 64.8 Å². The number of ether oxygens (including phenoxy) is 4. The van der Waals surface area contributed by atoms with E-state index in [0.29, 0.717) is 37.6 Å². The number of halogens is 2. The molecule has 6 heterocycles. The summed E-state index contributed by atoms with van der Waals surface area (Å²) in [6.07, 6.45) is 5.39. The van der Waals surface area contributed by atoms with E-state index >= 15 is 0 Å². The summed E-state index contributed by atoms with van der Waals surface area (Å²) < 4.78 is 53.4. The molecule has 2 fully saturated rings. The van der Waals surface area contributed by atoms with Crippen LogP contribution in [0.4, 0.5) is 8.78 Å². The predicted octanol–water partition coefficient (Wildman–Crippen LogP) is 5.15. The van der Waals surface area contributed by atoms with Crippen molar-refractivity contribution < 1.29 is 62.2 Å². The first-order valence-electron chi connectivity index (χ1n) is 23.4. The Kier molecular flexibility index (Phi) is 18.6. The minimum Gasteiger partial charge on any atom is -0.486 e. The zero-order valence-corrected chi connectivity index (χ0v) is 39.3. The Morgan fingerprint density at radius 1 is 0.644 bits per heavy atom. The second kappa shape index (κ2) is 24.6. The fourth-order valence-corrected chi connectivity index (χ4v) is 9.01. The van der Waals surface area contributed by atoms with Crippen LogP contribution in [-0.2, 0) is 23.7 Å². The van der Waals surface area contributed by atoms with Crippen LogP contribution in [0.25, 0.3) is 21.8 Å². The van der Waals surface area contributed by atoms with Crippen LogP contribution >= 0.6 is 0 Å². The highest BCUT2D eigenvalue weighted by atomic mass is 19.1. The predicted molar refractivity (Wildman–Crippen MR) is 267 cm³/mol. The van der Waals surface area contributed by atoms with Crippen molar-refractivity contribution >= 4 is 45.2 Å². The number of ketones is 2. The zero-order chi connectivity index (χ0) is 50.3. The van der Waals surface area contributed by atoms with Gasteiger partial charge in [0.2, 0.25) is 5.78 Å². The number of aliphatic hydroxyl groups excluding tert-OH is 2. The van der Waals surface area contributed by atoms with E-state index in [4.69, 9.17) is 29.8 Å². The molecule has 0 spiro atoms. The van der Waals surface area contributed by atoms with Gasteiger partial charge in [0.1, 0.15) is 32.5 Å². The highest BCUT2D eigenvalue weighted by Crippen LogP contribution is 2.38. The van der Waals surface area contributed by atoms with Crippen molar-refractivity contribution in [3.63, 3.8) is 0 Å². The van der Waals surface area contributed by atoms with Gasteiger partial charge in [-0.15, -0.1) is 0 Å². The lowest BCUT2D eigenvalue weighted by atomic mass is 9.99. The molecule has 2 aromatic heterocycles. The maximum atomic E-state index is 14.6. The standard InChI is InChI=1S/C25H27FN4O5.C15H21FN2O3.C10H8N2O3.2CH4/c1-29-20-5-4-15(10-17(20)13-27-29)23(32)25(33)28-19(14-30-6-2-3-7-30)22(31)16-11-18(26)24-21(12-16)34-8-9-35-24;16-11-7-10(8-13-15(11)21-6-5-20-13)14(19)12(17)9-18-3-1-2-4-18;1-12-8-3-2-6(9(13)10(14)15)4-7(8)5-11-12;;/h4-5,10-13,19,22,31H,2-3,6-9,14H2,1H3,(H,28,33);7-8,12,14,19H,1-6,9,17H2;2-5H,1H3,(H,14,15);2*1H4/t19-,22-;12-,14-;;;/m11.../s1. The van der Waals surface area contributed by atoms with E-state index in [1.165, 1.54) is 43.2 Å². The van der Waals surface area contributed by atoms with Crippen LogP contribution in [0.2, 0.25) is 0 Å². The van der Waals surface area contributed by atoms with Crippen LogP contribution in [0, 0.1) is 11.6 Å². The van der Waals surface area contributed by atoms with Gasteiger partial charge in [0.05, 0.1) is 35.6 Å². The van der Waals surface area contributed by atoms with Crippen LogP contribution in [-0.4, -0.2) is 146 Å². The first-order valence-corrected chi connectivity index (χ1v) is 23.4. The Morgan fingerprint density at radius 2 is 1.08 bits per heavy atom. The molecule has 392 valence electrons. The molecule has 6 aromatic rings. The second-order valence-electron chi connectivity index (χ2n) is 17.7. The summed E-state index contributed by atoms with van der Waals surface area (Å²) in [4.78, 5) is 51.9. The number of hydrogen-bond acceptors (Lipinski definition) is 15. The van der Waals surface area contributed by atoms with Gasteiger partial charge in [-0.1, -0.05) is 14.9 Å². The first-order chi connectivity index (χ1) is 34.1. The number of nitrogens with zero attached hydrogens (tertiary/aromatic N) is 6. The number of benzene rings is 4. The van der Waals surface area contributed by atoms with Gasteiger partial charge >= 0.3 is 5.97 Å². The lowest BCUT2D eigenvalue weighted by molar-refractivity contribution is -0.131. The summed E-state index contributed by atoms with van der Waals surface area (Å²) >= 11 is 0. The number of carbonyl (C=O) groups is 4. The first kappa shape index (κ1) is 55.3. The van der Waals surface area contributed by atoms with Crippen LogP contribution in [0.15, 0.2) is 73.1 Å². The summed E-state index contributed by atoms with van der Waals surface area (Å²) in [6, 6.07) is 13.9. The van der Waals surface area contributed by atoms with Gasteiger partial charge in [-0.25, -0.2) is 13.6 Å². The zero-order valence-electron chi connectivity index (χ0n) is 39.3. The number of aliphatic hydroxyl groups is 2. The molecule has 2 saturated heterocycles. The Labute approximate surface area is 421 Å². The van der Waals surface area contributed by atoms with Crippen molar-refractivity contribution in [3.8, 4) is 23.0 Å². The van der Waals surface area contributed by atoms with Crippen LogP contribution in [0.3, 0.4) is 0 Å². The molecule has 4 atom stereocenters. The molecule has 4 aromatic carbocycles. The van der Waals surface area contributed by atoms with E-state index in [1.807, 2.05) is 0 Å². The Balaban J connectivity index is 0.000000194. The molecule has 0 unspecified atom stereocenters. The van der Waals surface area contributed by atoms with E-state index in [0.717, 1.165) is 60.8 Å². The van der Waals surface area contributed by atoms with Crippen molar-refractivity contribution in [1.29, 1.82) is 0 Å². The number of likely N-dealkylation sites (tertiary alicyclic amines) is 2. The summed E-state index contributed by atoms with van der Waals surface area (Å²) in [5.41, 5.74) is 8.83. The van der Waals surface area contributed by atoms with Gasteiger partial charge in [0.15, 0.2) is 34.6 Å². The van der Waals surface area contributed by atoms with Gasteiger partial charge < -0.3 is 55.1 Å². The van der Waals surface area contributed by atoms with Crippen molar-refractivity contribution in [1.82, 2.24) is 34.7 Å². The number of carboxylic acid groups (broad SMARTS) is 1. The van der Waals surface area contributed by atoms with Gasteiger partial charge in [-0.05, 0) is 124 Å². The van der Waals surface area contributed by atoms with Crippen LogP contribution in [0.5, 0.6) is 23.0 Å². The van der Waals surface area contributed by atoms with Gasteiger partial charge in [-0.2, -0.15) is 10.2 Å². The molecule has 10 rings (SSSR count). The summed E-state index contributed by atoms with van der Waals surface area (Å²) in [5.74, 6) is -4.41. The Hall–Kier alpha value is -7.04. The fraction of sp³-hybridized carbons (Fsp3) is 0.423. The molecule has 19 nitrogen and oxygen atoms in total. The molecular weight excluding hydrogens is 951 g/mol. The largest absolute Gasteiger partial charge is 0.486 e. The topological polar surface area (TPSA) is 246 Å². The van der Waals surface area contributed by atoms with Crippen LogP contribution < -0.4 is 30.0 Å². The molecule has 0 aliphatic carbocycles. The van der Waals surface area contributed by atoms with Gasteiger partial charge in [0, 0.05) is 55.1 Å². The Bertz CT molecular complexity index is 2920. The normalized spacial score (nSPS) is 16.6. The molecule has 1 amide bonds. The van der Waals surface area contributed by atoms with Gasteiger partial charge in [0.25, 0.3) is 11.7 Å². The summed E-state index contributed by atoms with van der Waals surface area (Å²) in [5, 5.41) is 42.4. The molecule has 0 radical (unpaired) electrons. The molecule has 73 heavy (non-hydrogen) atoms. The number of nitrogens with one attached hydrogen (secondary N) is 1. The third-order valence-corrected chi connectivity index (χ3v) is 12.8. The fourth-order valence-electron chi connectivity index (χ4n) is 9.01. The number of hydrogen-bond donors (Lipinski definition) is 5. The number of carbonyl (C=O) groups excluding carboxylic acids is 3. The lowest BCUT2D eigenvalue weighted by Gasteiger charge is -2.29. The third-order valence-electron chi connectivity index (χ3n) is 12.8. The summed E-state index contributed by atoms with van der Waals surface area (Å²) in [6.45, 7) is 5.82. The molecule has 0 saturated carbocycles. The molecule has 21 heteroatoms. The molecule has 4 aliphatic heterocycles. The molecule has 6 N–H and O–H groups in total. The number of Topliss-reactive ketones (excluding diaryl/α,β-unsaturated/α-hetero) is 2. The number of nitrogens with two attached hydrogens (primary N) is 1.